The number of anilines is 1. The number of fused-ring (bicyclic) bond motifs is 3. The largest absolute Gasteiger partial charge is 0.493 e. The van der Waals surface area contributed by atoms with Crippen LogP contribution >= 0.6 is 0 Å². The zero-order valence-electron chi connectivity index (χ0n) is 19.1. The molecule has 32 heavy (non-hydrogen) atoms. The smallest absolute Gasteiger partial charge is 0.273 e. The molecule has 0 atom stereocenters. The molecule has 0 unspecified atom stereocenters. The Kier molecular flexibility index (Phi) is 5.38. The van der Waals surface area contributed by atoms with E-state index in [0.717, 1.165) is 22.4 Å². The van der Waals surface area contributed by atoms with Gasteiger partial charge in [0.15, 0.2) is 17.1 Å². The van der Waals surface area contributed by atoms with Crippen LogP contribution in [0, 0.1) is 27.7 Å². The normalized spacial score (nSPS) is 11.2. The van der Waals surface area contributed by atoms with Crippen molar-refractivity contribution in [2.75, 3.05) is 19.5 Å². The van der Waals surface area contributed by atoms with Gasteiger partial charge in [-0.25, -0.2) is 4.52 Å². The highest BCUT2D eigenvalue weighted by Crippen LogP contribution is 2.34. The predicted octanol–water partition coefficient (Wildman–Crippen LogP) is 3.54. The SMILES string of the molecule is COc1cc2c(cc1OC)n(CC(=O)Nc1c(C)cc(C)cc1C)n1c(C)cc(=O)nc21. The number of benzene rings is 2. The molecule has 0 bridgehead atoms. The minimum absolute atomic E-state index is 0.0215. The molecule has 4 aromatic rings. The number of nitrogens with zero attached hydrogens (tertiary/aromatic N) is 3. The summed E-state index contributed by atoms with van der Waals surface area (Å²) >= 11 is 0. The third-order valence-electron chi connectivity index (χ3n) is 5.58. The molecule has 1 N–H and O–H groups in total. The molecular formula is C24H26N4O4. The van der Waals surface area contributed by atoms with E-state index in [2.05, 4.69) is 10.3 Å². The van der Waals surface area contributed by atoms with Crippen molar-refractivity contribution >= 4 is 28.1 Å². The van der Waals surface area contributed by atoms with Gasteiger partial charge in [0.1, 0.15) is 6.54 Å². The molecule has 1 amide bonds. The van der Waals surface area contributed by atoms with Crippen molar-refractivity contribution in [1.82, 2.24) is 14.2 Å². The van der Waals surface area contributed by atoms with Crippen molar-refractivity contribution < 1.29 is 14.3 Å². The number of aromatic nitrogens is 3. The summed E-state index contributed by atoms with van der Waals surface area (Å²) in [6.07, 6.45) is 0. The van der Waals surface area contributed by atoms with E-state index in [1.807, 2.05) is 39.8 Å². The van der Waals surface area contributed by atoms with E-state index in [1.54, 1.807) is 35.5 Å². The number of hydrogen-bond donors (Lipinski definition) is 1. The van der Waals surface area contributed by atoms with Crippen LogP contribution in [0.1, 0.15) is 22.4 Å². The number of aryl methyl sites for hydroxylation is 4. The summed E-state index contributed by atoms with van der Waals surface area (Å²) in [6, 6.07) is 9.10. The maximum absolute atomic E-state index is 13.1. The lowest BCUT2D eigenvalue weighted by Gasteiger charge is -2.15. The van der Waals surface area contributed by atoms with Gasteiger partial charge in [0, 0.05) is 28.9 Å². The van der Waals surface area contributed by atoms with Crippen LogP contribution in [0.2, 0.25) is 0 Å². The summed E-state index contributed by atoms with van der Waals surface area (Å²) in [5.41, 5.74) is 5.46. The quantitative estimate of drug-likeness (QED) is 0.519. The highest BCUT2D eigenvalue weighted by atomic mass is 16.5. The van der Waals surface area contributed by atoms with E-state index in [0.29, 0.717) is 33.7 Å². The Bertz CT molecular complexity index is 1410. The summed E-state index contributed by atoms with van der Waals surface area (Å²) in [7, 11) is 3.10. The number of rotatable bonds is 5. The first-order valence-corrected chi connectivity index (χ1v) is 10.3. The fourth-order valence-corrected chi connectivity index (χ4v) is 4.29. The fraction of sp³-hybridized carbons (Fsp3) is 0.292. The molecule has 0 aliphatic carbocycles. The highest BCUT2D eigenvalue weighted by molar-refractivity contribution is 5.97. The zero-order valence-corrected chi connectivity index (χ0v) is 19.1. The van der Waals surface area contributed by atoms with Crippen LogP contribution in [0.15, 0.2) is 35.1 Å². The Hall–Kier alpha value is -3.81. The van der Waals surface area contributed by atoms with Crippen molar-refractivity contribution in [3.05, 3.63) is 63.1 Å². The highest BCUT2D eigenvalue weighted by Gasteiger charge is 2.19. The van der Waals surface area contributed by atoms with Gasteiger partial charge in [-0.05, 0) is 44.9 Å². The van der Waals surface area contributed by atoms with Gasteiger partial charge in [-0.15, -0.1) is 0 Å². The van der Waals surface area contributed by atoms with Gasteiger partial charge in [0.25, 0.3) is 5.56 Å². The average molecular weight is 434 g/mol. The van der Waals surface area contributed by atoms with Crippen molar-refractivity contribution in [3.8, 4) is 11.5 Å². The Morgan fingerprint density at radius 3 is 2.22 bits per heavy atom. The summed E-state index contributed by atoms with van der Waals surface area (Å²) in [4.78, 5) is 29.5. The van der Waals surface area contributed by atoms with Gasteiger partial charge < -0.3 is 14.8 Å². The van der Waals surface area contributed by atoms with E-state index < -0.39 is 0 Å². The van der Waals surface area contributed by atoms with Crippen LogP contribution in [0.3, 0.4) is 0 Å². The van der Waals surface area contributed by atoms with Crippen LogP contribution in [0.4, 0.5) is 5.69 Å². The summed E-state index contributed by atoms with van der Waals surface area (Å²) in [5.74, 6) is 0.854. The van der Waals surface area contributed by atoms with Crippen molar-refractivity contribution in [3.63, 3.8) is 0 Å². The lowest BCUT2D eigenvalue weighted by Crippen LogP contribution is -2.23. The Labute approximate surface area is 185 Å². The summed E-state index contributed by atoms with van der Waals surface area (Å²) in [6.45, 7) is 7.82. The number of carbonyl (C=O) groups excluding carboxylic acids is 1. The first kappa shape index (κ1) is 21.4. The van der Waals surface area contributed by atoms with Crippen LogP contribution in [0.5, 0.6) is 11.5 Å². The Morgan fingerprint density at radius 1 is 0.969 bits per heavy atom. The minimum Gasteiger partial charge on any atom is -0.493 e. The summed E-state index contributed by atoms with van der Waals surface area (Å²) in [5, 5.41) is 3.74. The third kappa shape index (κ3) is 3.57. The molecule has 0 spiro atoms. The van der Waals surface area contributed by atoms with Gasteiger partial charge in [0.2, 0.25) is 5.91 Å². The predicted molar refractivity (Wildman–Crippen MR) is 124 cm³/mol. The number of hydrogen-bond acceptors (Lipinski definition) is 5. The standard InChI is InChI=1S/C24H26N4O4/c1-13-7-14(2)23(15(3)8-13)25-22(30)12-27-18-11-20(32-6)19(31-5)10-17(18)24-26-21(29)9-16(4)28(24)27/h7-11H,12H2,1-6H3,(H,25,30). The lowest BCUT2D eigenvalue weighted by atomic mass is 10.1. The van der Waals surface area contributed by atoms with E-state index in [-0.39, 0.29) is 18.0 Å². The Morgan fingerprint density at radius 2 is 1.59 bits per heavy atom. The molecule has 0 saturated carbocycles. The van der Waals surface area contributed by atoms with Crippen molar-refractivity contribution in [2.24, 2.45) is 0 Å². The van der Waals surface area contributed by atoms with E-state index >= 15 is 0 Å². The molecule has 4 rings (SSSR count). The number of carbonyl (C=O) groups is 1. The fourth-order valence-electron chi connectivity index (χ4n) is 4.29. The average Bonchev–Trinajstić information content (AvgIpc) is 3.02. The van der Waals surface area contributed by atoms with Gasteiger partial charge in [-0.3, -0.25) is 14.3 Å². The number of methoxy groups -OCH3 is 2. The molecule has 8 heteroatoms. The van der Waals surface area contributed by atoms with E-state index in [9.17, 15) is 9.59 Å². The molecule has 166 valence electrons. The number of amides is 1. The van der Waals surface area contributed by atoms with Crippen molar-refractivity contribution in [1.29, 1.82) is 0 Å². The van der Waals surface area contributed by atoms with E-state index in [1.165, 1.54) is 6.07 Å². The lowest BCUT2D eigenvalue weighted by molar-refractivity contribution is -0.116. The van der Waals surface area contributed by atoms with Gasteiger partial charge in [-0.1, -0.05) is 17.7 Å². The van der Waals surface area contributed by atoms with Gasteiger partial charge in [-0.2, -0.15) is 4.98 Å². The topological polar surface area (TPSA) is 86.9 Å². The van der Waals surface area contributed by atoms with Crippen molar-refractivity contribution in [2.45, 2.75) is 34.2 Å². The van der Waals surface area contributed by atoms with Crippen LogP contribution in [0.25, 0.3) is 16.6 Å². The number of nitrogens with one attached hydrogen (secondary N) is 1. The number of ether oxygens (including phenoxy) is 2. The van der Waals surface area contributed by atoms with Crippen LogP contribution < -0.4 is 20.3 Å². The molecule has 2 aromatic carbocycles. The van der Waals surface area contributed by atoms with Crippen LogP contribution in [-0.4, -0.2) is 34.3 Å². The maximum Gasteiger partial charge on any atom is 0.273 e. The molecule has 0 radical (unpaired) electrons. The molecule has 8 nitrogen and oxygen atoms in total. The van der Waals surface area contributed by atoms with Crippen LogP contribution in [-0.2, 0) is 11.3 Å². The van der Waals surface area contributed by atoms with Gasteiger partial charge >= 0.3 is 0 Å². The third-order valence-corrected chi connectivity index (χ3v) is 5.58. The second kappa shape index (κ2) is 8.03. The molecular weight excluding hydrogens is 408 g/mol. The first-order valence-electron chi connectivity index (χ1n) is 10.3. The monoisotopic (exact) mass is 434 g/mol. The minimum atomic E-state index is -0.341. The Balaban J connectivity index is 1.87. The first-order chi connectivity index (χ1) is 15.2. The molecule has 0 aliphatic rings. The second-order valence-electron chi connectivity index (χ2n) is 7.98. The molecule has 2 aromatic heterocycles. The zero-order chi connectivity index (χ0) is 23.2. The molecule has 0 saturated heterocycles. The van der Waals surface area contributed by atoms with E-state index in [4.69, 9.17) is 9.47 Å². The molecule has 0 fully saturated rings. The summed E-state index contributed by atoms with van der Waals surface area (Å²) < 4.78 is 14.5. The maximum atomic E-state index is 13.1. The van der Waals surface area contributed by atoms with Gasteiger partial charge in [0.05, 0.1) is 19.7 Å². The molecule has 0 aliphatic heterocycles. The molecule has 2 heterocycles. The second-order valence-corrected chi connectivity index (χ2v) is 7.98.